The molecule has 1 aliphatic rings. The van der Waals surface area contributed by atoms with E-state index >= 15 is 0 Å². The monoisotopic (exact) mass is 396 g/mol. The Morgan fingerprint density at radius 1 is 0.957 bits per heavy atom. The van der Waals surface area contributed by atoms with E-state index in [1.807, 2.05) is 0 Å². The van der Waals surface area contributed by atoms with Crippen LogP contribution >= 0.6 is 46.4 Å². The molecule has 1 aromatic rings. The first-order chi connectivity index (χ1) is 10.6. The summed E-state index contributed by atoms with van der Waals surface area (Å²) in [6.07, 6.45) is 0.0322. The number of benzene rings is 1. The molecule has 0 saturated heterocycles. The lowest BCUT2D eigenvalue weighted by atomic mass is 10.0. The van der Waals surface area contributed by atoms with Crippen LogP contribution in [0.5, 0.6) is 0 Å². The Labute approximate surface area is 152 Å². The van der Waals surface area contributed by atoms with E-state index in [-0.39, 0.29) is 43.6 Å². The number of fused-ring (bicyclic) bond motifs is 1. The molecule has 23 heavy (non-hydrogen) atoms. The van der Waals surface area contributed by atoms with E-state index in [2.05, 4.69) is 0 Å². The molecule has 124 valence electrons. The number of rotatable bonds is 4. The summed E-state index contributed by atoms with van der Waals surface area (Å²) < 4.78 is 0. The average Bonchev–Trinajstić information content (AvgIpc) is 2.71. The lowest BCUT2D eigenvalue weighted by Crippen LogP contribution is -2.51. The van der Waals surface area contributed by atoms with Gasteiger partial charge >= 0.3 is 0 Å². The third-order valence-electron chi connectivity index (χ3n) is 3.41. The summed E-state index contributed by atoms with van der Waals surface area (Å²) in [4.78, 5) is 37.1. The summed E-state index contributed by atoms with van der Waals surface area (Å²) in [7, 11) is 0. The summed E-state index contributed by atoms with van der Waals surface area (Å²) in [5.41, 5.74) is -0.489. The predicted octanol–water partition coefficient (Wildman–Crippen LogP) is 3.06. The van der Waals surface area contributed by atoms with E-state index in [9.17, 15) is 19.5 Å². The van der Waals surface area contributed by atoms with E-state index < -0.39 is 23.8 Å². The Balaban J connectivity index is 2.64. The van der Waals surface area contributed by atoms with Crippen LogP contribution in [0, 0.1) is 5.92 Å². The lowest BCUT2D eigenvalue weighted by molar-refractivity contribution is -0.310. The molecule has 0 fully saturated rings. The van der Waals surface area contributed by atoms with Crippen molar-refractivity contribution in [1.82, 2.24) is 4.90 Å². The molecular formula is C14H10Cl4NO4-. The molecule has 0 N–H and O–H groups in total. The van der Waals surface area contributed by atoms with E-state index in [1.165, 1.54) is 0 Å². The number of hydrogen-bond acceptors (Lipinski definition) is 4. The predicted molar refractivity (Wildman–Crippen MR) is 85.2 cm³/mol. The van der Waals surface area contributed by atoms with Gasteiger partial charge in [-0.2, -0.15) is 0 Å². The van der Waals surface area contributed by atoms with Crippen molar-refractivity contribution in [2.75, 3.05) is 0 Å². The van der Waals surface area contributed by atoms with Gasteiger partial charge in [0.05, 0.1) is 43.2 Å². The standard InChI is InChI=1S/C14H11Cl4NO4/c1-4(2)3-5(14(22)23)19-12(20)6-7(13(19)21)9(16)11(18)10(17)8(6)15/h4-5H,3H2,1-2H3,(H,22,23)/p-1/t5-/m0/s1. The second-order valence-electron chi connectivity index (χ2n) is 5.45. The number of aliphatic carboxylic acids is 1. The fourth-order valence-electron chi connectivity index (χ4n) is 2.40. The van der Waals surface area contributed by atoms with Crippen molar-refractivity contribution in [3.8, 4) is 0 Å². The fourth-order valence-corrected chi connectivity index (χ4v) is 3.42. The summed E-state index contributed by atoms with van der Waals surface area (Å²) >= 11 is 23.8. The van der Waals surface area contributed by atoms with Crippen LogP contribution in [0.2, 0.25) is 20.1 Å². The Bertz CT molecular complexity index is 685. The van der Waals surface area contributed by atoms with Crippen molar-refractivity contribution in [2.45, 2.75) is 26.3 Å². The van der Waals surface area contributed by atoms with Crippen molar-refractivity contribution >= 4 is 64.2 Å². The van der Waals surface area contributed by atoms with Crippen LogP contribution in [-0.4, -0.2) is 28.7 Å². The highest BCUT2D eigenvalue weighted by molar-refractivity contribution is 6.55. The summed E-state index contributed by atoms with van der Waals surface area (Å²) in [5, 5.41) is 10.6. The number of carbonyl (C=O) groups is 3. The Morgan fingerprint density at radius 3 is 1.65 bits per heavy atom. The highest BCUT2D eigenvalue weighted by Gasteiger charge is 2.45. The topological polar surface area (TPSA) is 77.5 Å². The second-order valence-corrected chi connectivity index (χ2v) is 6.96. The van der Waals surface area contributed by atoms with Gasteiger partial charge in [-0.25, -0.2) is 0 Å². The number of carbonyl (C=O) groups excluding carboxylic acids is 3. The summed E-state index contributed by atoms with van der Waals surface area (Å²) in [6.45, 7) is 3.50. The number of hydrogen-bond donors (Lipinski definition) is 0. The SMILES string of the molecule is CC(C)C[C@@H](C(=O)[O-])N1C(=O)c2c(Cl)c(Cl)c(Cl)c(Cl)c2C1=O. The number of amides is 2. The Morgan fingerprint density at radius 2 is 1.35 bits per heavy atom. The quantitative estimate of drug-likeness (QED) is 0.444. The molecule has 0 spiro atoms. The van der Waals surface area contributed by atoms with Crippen molar-refractivity contribution in [3.63, 3.8) is 0 Å². The van der Waals surface area contributed by atoms with Gasteiger partial charge < -0.3 is 9.90 Å². The first-order valence-electron chi connectivity index (χ1n) is 6.54. The highest BCUT2D eigenvalue weighted by Crippen LogP contribution is 2.45. The minimum absolute atomic E-state index is 0.0322. The zero-order valence-electron chi connectivity index (χ0n) is 12.0. The second kappa shape index (κ2) is 6.48. The van der Waals surface area contributed by atoms with Crippen LogP contribution in [-0.2, 0) is 4.79 Å². The normalized spacial score (nSPS) is 15.3. The van der Waals surface area contributed by atoms with E-state index in [1.54, 1.807) is 13.8 Å². The Hall–Kier alpha value is -1.01. The molecule has 0 bridgehead atoms. The minimum atomic E-state index is -1.54. The molecule has 5 nitrogen and oxygen atoms in total. The molecule has 0 aromatic heterocycles. The van der Waals surface area contributed by atoms with Gasteiger partial charge in [0.15, 0.2) is 0 Å². The van der Waals surface area contributed by atoms with Gasteiger partial charge in [0.1, 0.15) is 0 Å². The van der Waals surface area contributed by atoms with Crippen LogP contribution in [0.25, 0.3) is 0 Å². The first-order valence-corrected chi connectivity index (χ1v) is 8.05. The van der Waals surface area contributed by atoms with Crippen LogP contribution in [0.4, 0.5) is 0 Å². The lowest BCUT2D eigenvalue weighted by Gasteiger charge is -2.28. The van der Waals surface area contributed by atoms with Crippen LogP contribution in [0.1, 0.15) is 41.0 Å². The molecular weight excluding hydrogens is 388 g/mol. The number of halogens is 4. The number of nitrogens with zero attached hydrogens (tertiary/aromatic N) is 1. The van der Waals surface area contributed by atoms with Gasteiger partial charge in [-0.3, -0.25) is 14.5 Å². The first kappa shape index (κ1) is 18.3. The number of imide groups is 1. The van der Waals surface area contributed by atoms with Gasteiger partial charge in [0.25, 0.3) is 11.8 Å². The zero-order valence-corrected chi connectivity index (χ0v) is 15.0. The molecule has 1 aromatic carbocycles. The van der Waals surface area contributed by atoms with Gasteiger partial charge in [0, 0.05) is 0 Å². The molecule has 0 saturated carbocycles. The van der Waals surface area contributed by atoms with Gasteiger partial charge in [0.2, 0.25) is 0 Å². The molecule has 2 rings (SSSR count). The van der Waals surface area contributed by atoms with Crippen LogP contribution in [0.15, 0.2) is 0 Å². The van der Waals surface area contributed by atoms with Crippen LogP contribution in [0.3, 0.4) is 0 Å². The zero-order chi connectivity index (χ0) is 17.6. The number of carboxylic acid groups (broad SMARTS) is 1. The molecule has 0 aliphatic carbocycles. The van der Waals surface area contributed by atoms with Crippen molar-refractivity contribution in [2.24, 2.45) is 5.92 Å². The van der Waals surface area contributed by atoms with Crippen LogP contribution < -0.4 is 5.11 Å². The van der Waals surface area contributed by atoms with E-state index in [0.717, 1.165) is 0 Å². The third-order valence-corrected chi connectivity index (χ3v) is 5.21. The molecule has 0 radical (unpaired) electrons. The van der Waals surface area contributed by atoms with E-state index in [0.29, 0.717) is 4.90 Å². The van der Waals surface area contributed by atoms with E-state index in [4.69, 9.17) is 46.4 Å². The van der Waals surface area contributed by atoms with Crippen molar-refractivity contribution in [3.05, 3.63) is 31.2 Å². The molecule has 9 heteroatoms. The Kier molecular flexibility index (Phi) is 5.16. The van der Waals surface area contributed by atoms with Crippen molar-refractivity contribution < 1.29 is 19.5 Å². The van der Waals surface area contributed by atoms with Gasteiger partial charge in [-0.15, -0.1) is 0 Å². The summed E-state index contributed by atoms with van der Waals surface area (Å²) in [6, 6.07) is -1.44. The summed E-state index contributed by atoms with van der Waals surface area (Å²) in [5.74, 6) is -3.41. The minimum Gasteiger partial charge on any atom is -0.548 e. The van der Waals surface area contributed by atoms with Gasteiger partial charge in [-0.1, -0.05) is 60.3 Å². The maximum atomic E-state index is 12.5. The highest BCUT2D eigenvalue weighted by atomic mass is 35.5. The maximum absolute atomic E-state index is 12.5. The largest absolute Gasteiger partial charge is 0.548 e. The van der Waals surface area contributed by atoms with Crippen molar-refractivity contribution in [1.29, 1.82) is 0 Å². The average molecular weight is 398 g/mol. The molecule has 1 aliphatic heterocycles. The molecule has 1 heterocycles. The third kappa shape index (κ3) is 2.91. The molecule has 1 atom stereocenters. The van der Waals surface area contributed by atoms with Gasteiger partial charge in [-0.05, 0) is 12.3 Å². The molecule has 2 amide bonds. The maximum Gasteiger partial charge on any atom is 0.263 e. The fraction of sp³-hybridized carbons (Fsp3) is 0.357. The number of carboxylic acids is 1. The smallest absolute Gasteiger partial charge is 0.263 e. The molecule has 0 unspecified atom stereocenters.